The number of benzene rings is 1. The highest BCUT2D eigenvalue weighted by molar-refractivity contribution is 6.03. The Balaban J connectivity index is 2.31. The Labute approximate surface area is 85.2 Å². The van der Waals surface area contributed by atoms with Crippen LogP contribution in [-0.4, -0.2) is 5.71 Å². The third-order valence-electron chi connectivity index (χ3n) is 2.53. The van der Waals surface area contributed by atoms with E-state index in [0.717, 1.165) is 6.42 Å². The average Bonchev–Trinajstić information content (AvgIpc) is 2.71. The Bertz CT molecular complexity index is 386. The zero-order valence-electron chi connectivity index (χ0n) is 8.70. The molecule has 1 aliphatic heterocycles. The van der Waals surface area contributed by atoms with Gasteiger partial charge in [-0.15, -0.1) is 0 Å². The lowest BCUT2D eigenvalue weighted by atomic mass is 9.98. The van der Waals surface area contributed by atoms with Gasteiger partial charge >= 0.3 is 0 Å². The predicted octanol–water partition coefficient (Wildman–Crippen LogP) is 3.52. The highest BCUT2D eigenvalue weighted by Crippen LogP contribution is 2.18. The average molecular weight is 185 g/mol. The summed E-state index contributed by atoms with van der Waals surface area (Å²) in [6, 6.07) is 8.68. The van der Waals surface area contributed by atoms with Crippen molar-refractivity contribution in [2.45, 2.75) is 26.2 Å². The van der Waals surface area contributed by atoms with E-state index in [4.69, 9.17) is 0 Å². The lowest BCUT2D eigenvalue weighted by Crippen LogP contribution is -1.98. The van der Waals surface area contributed by atoms with Gasteiger partial charge in [0, 0.05) is 12.6 Å². The zero-order valence-corrected chi connectivity index (χ0v) is 8.70. The Morgan fingerprint density at radius 3 is 2.79 bits per heavy atom. The van der Waals surface area contributed by atoms with Gasteiger partial charge in [0.25, 0.3) is 0 Å². The molecule has 1 heterocycles. The molecule has 1 nitrogen and oxygen atoms in total. The minimum atomic E-state index is 0.588. The van der Waals surface area contributed by atoms with Crippen LogP contribution in [0, 0.1) is 0 Å². The van der Waals surface area contributed by atoms with Gasteiger partial charge in [-0.05, 0) is 23.1 Å². The van der Waals surface area contributed by atoms with Crippen LogP contribution in [0.4, 0.5) is 0 Å². The van der Waals surface area contributed by atoms with Gasteiger partial charge in [-0.25, -0.2) is 0 Å². The van der Waals surface area contributed by atoms with E-state index in [1.54, 1.807) is 0 Å². The molecule has 0 fully saturated rings. The molecule has 1 heteroatoms. The van der Waals surface area contributed by atoms with Crippen LogP contribution in [0.25, 0.3) is 0 Å². The molecule has 0 aromatic heterocycles. The number of aliphatic imine (C=N–C) groups is 1. The Morgan fingerprint density at radius 2 is 2.14 bits per heavy atom. The molecule has 0 radical (unpaired) electrons. The smallest absolute Gasteiger partial charge is 0.0514 e. The first-order valence-electron chi connectivity index (χ1n) is 5.09. The third kappa shape index (κ3) is 1.77. The molecule has 1 aliphatic rings. The van der Waals surface area contributed by atoms with Crippen molar-refractivity contribution in [2.75, 3.05) is 0 Å². The molecule has 2 rings (SSSR count). The summed E-state index contributed by atoms with van der Waals surface area (Å²) in [6.45, 7) is 4.43. The van der Waals surface area contributed by atoms with Crippen molar-refractivity contribution in [2.24, 2.45) is 4.99 Å². The van der Waals surface area contributed by atoms with Gasteiger partial charge in [0.2, 0.25) is 0 Å². The predicted molar refractivity (Wildman–Crippen MR) is 60.8 cm³/mol. The van der Waals surface area contributed by atoms with E-state index in [2.05, 4.69) is 49.2 Å². The van der Waals surface area contributed by atoms with Gasteiger partial charge in [-0.3, -0.25) is 4.99 Å². The van der Waals surface area contributed by atoms with E-state index >= 15 is 0 Å². The minimum absolute atomic E-state index is 0.588. The molecule has 14 heavy (non-hydrogen) atoms. The molecule has 72 valence electrons. The zero-order chi connectivity index (χ0) is 9.97. The van der Waals surface area contributed by atoms with E-state index in [1.807, 2.05) is 6.20 Å². The second-order valence-electron chi connectivity index (χ2n) is 3.94. The van der Waals surface area contributed by atoms with Crippen LogP contribution < -0.4 is 0 Å². The van der Waals surface area contributed by atoms with Crippen molar-refractivity contribution in [1.29, 1.82) is 0 Å². The Kier molecular flexibility index (Phi) is 2.49. The molecule has 0 N–H and O–H groups in total. The van der Waals surface area contributed by atoms with Gasteiger partial charge in [0.1, 0.15) is 0 Å². The third-order valence-corrected chi connectivity index (χ3v) is 2.53. The van der Waals surface area contributed by atoms with E-state index < -0.39 is 0 Å². The van der Waals surface area contributed by atoms with Crippen molar-refractivity contribution in [3.8, 4) is 0 Å². The lowest BCUT2D eigenvalue weighted by Gasteiger charge is -2.07. The molecule has 0 atom stereocenters. The first-order chi connectivity index (χ1) is 6.77. The normalized spacial score (nSPS) is 14.9. The Hall–Kier alpha value is -1.37. The quantitative estimate of drug-likeness (QED) is 0.668. The Morgan fingerprint density at radius 1 is 1.29 bits per heavy atom. The van der Waals surface area contributed by atoms with Gasteiger partial charge < -0.3 is 0 Å². The fourth-order valence-corrected chi connectivity index (χ4v) is 1.63. The molecular weight excluding hydrogens is 170 g/mol. The molecule has 0 amide bonds. The van der Waals surface area contributed by atoms with Crippen molar-refractivity contribution in [3.63, 3.8) is 0 Å². The summed E-state index contributed by atoms with van der Waals surface area (Å²) in [5.74, 6) is 0.588. The molecular formula is C13H15N. The summed E-state index contributed by atoms with van der Waals surface area (Å²) in [5.41, 5.74) is 3.84. The van der Waals surface area contributed by atoms with E-state index in [1.165, 1.54) is 16.8 Å². The molecule has 0 bridgehead atoms. The molecule has 0 saturated carbocycles. The first-order valence-corrected chi connectivity index (χ1v) is 5.09. The standard InChI is InChI=1S/C13H15N/c1-10(2)11-5-3-6-12(9-11)13-7-4-8-14-13/h3-6,8-10H,7H2,1-2H3. The number of hydrogen-bond donors (Lipinski definition) is 0. The van der Waals surface area contributed by atoms with E-state index in [9.17, 15) is 0 Å². The fourth-order valence-electron chi connectivity index (χ4n) is 1.63. The maximum absolute atomic E-state index is 4.34. The molecule has 0 saturated heterocycles. The minimum Gasteiger partial charge on any atom is -0.261 e. The largest absolute Gasteiger partial charge is 0.261 e. The fraction of sp³-hybridized carbons (Fsp3) is 0.308. The van der Waals surface area contributed by atoms with Gasteiger partial charge in [0.05, 0.1) is 5.71 Å². The van der Waals surface area contributed by atoms with Crippen molar-refractivity contribution >= 4 is 5.71 Å². The maximum atomic E-state index is 4.34. The molecule has 1 aromatic carbocycles. The molecule has 0 aliphatic carbocycles. The summed E-state index contributed by atoms with van der Waals surface area (Å²) in [6.07, 6.45) is 4.95. The summed E-state index contributed by atoms with van der Waals surface area (Å²) >= 11 is 0. The van der Waals surface area contributed by atoms with Crippen molar-refractivity contribution < 1.29 is 0 Å². The van der Waals surface area contributed by atoms with Gasteiger partial charge in [-0.2, -0.15) is 0 Å². The number of rotatable bonds is 2. The van der Waals surface area contributed by atoms with Crippen LogP contribution in [0.5, 0.6) is 0 Å². The van der Waals surface area contributed by atoms with Crippen LogP contribution in [0.2, 0.25) is 0 Å². The number of allylic oxidation sites excluding steroid dienone is 1. The summed E-state index contributed by atoms with van der Waals surface area (Å²) in [5, 5.41) is 0. The van der Waals surface area contributed by atoms with Crippen LogP contribution in [0.15, 0.2) is 41.5 Å². The summed E-state index contributed by atoms with van der Waals surface area (Å²) in [7, 11) is 0. The van der Waals surface area contributed by atoms with Gasteiger partial charge in [0.15, 0.2) is 0 Å². The van der Waals surface area contributed by atoms with Crippen molar-refractivity contribution in [1.82, 2.24) is 0 Å². The highest BCUT2D eigenvalue weighted by Gasteiger charge is 2.06. The van der Waals surface area contributed by atoms with E-state index in [-0.39, 0.29) is 0 Å². The monoisotopic (exact) mass is 185 g/mol. The second kappa shape index (κ2) is 3.79. The van der Waals surface area contributed by atoms with Crippen LogP contribution >= 0.6 is 0 Å². The number of hydrogen-bond acceptors (Lipinski definition) is 1. The highest BCUT2D eigenvalue weighted by atomic mass is 14.7. The topological polar surface area (TPSA) is 12.4 Å². The number of nitrogens with zero attached hydrogens (tertiary/aromatic N) is 1. The summed E-state index contributed by atoms with van der Waals surface area (Å²) < 4.78 is 0. The summed E-state index contributed by atoms with van der Waals surface area (Å²) in [4.78, 5) is 4.34. The van der Waals surface area contributed by atoms with Crippen LogP contribution in [-0.2, 0) is 0 Å². The first kappa shape index (κ1) is 9.20. The molecule has 0 unspecified atom stereocenters. The van der Waals surface area contributed by atoms with Crippen LogP contribution in [0.1, 0.15) is 37.3 Å². The van der Waals surface area contributed by atoms with Crippen molar-refractivity contribution in [3.05, 3.63) is 47.7 Å². The van der Waals surface area contributed by atoms with Gasteiger partial charge in [-0.1, -0.05) is 38.1 Å². The lowest BCUT2D eigenvalue weighted by molar-refractivity contribution is 0.866. The SMILES string of the molecule is CC(C)c1cccc(C2=NC=CC2)c1. The molecule has 0 spiro atoms. The molecule has 1 aromatic rings. The van der Waals surface area contributed by atoms with E-state index in [0.29, 0.717) is 5.92 Å². The second-order valence-corrected chi connectivity index (χ2v) is 3.94. The maximum Gasteiger partial charge on any atom is 0.0514 e. The van der Waals surface area contributed by atoms with Crippen LogP contribution in [0.3, 0.4) is 0 Å².